The molecule has 1 atom stereocenters. The predicted octanol–water partition coefficient (Wildman–Crippen LogP) is 5.71. The molecule has 0 aromatic heterocycles. The number of esters is 2. The minimum Gasteiger partial charge on any atom is -0.507 e. The van der Waals surface area contributed by atoms with Crippen molar-refractivity contribution in [2.75, 3.05) is 13.2 Å². The number of piperidine rings is 1. The van der Waals surface area contributed by atoms with E-state index in [9.17, 15) is 19.8 Å². The first kappa shape index (κ1) is 31.6. The van der Waals surface area contributed by atoms with Gasteiger partial charge in [0.25, 0.3) is 0 Å². The molecule has 1 unspecified atom stereocenters. The third-order valence-electron chi connectivity index (χ3n) is 7.82. The standard InChI is InChI=1S/C33H47NO6/c1-22-16-23(17-27(29(22)37)31(2,3)4)14-15-28(36)39-21-25(35)20-34-32(5,6)18-26(19-33(34,7)8)40-30(38)24-12-10-9-11-13-24/h9-13,16-17,25-26,35,37H,14-15,18-21H2,1-8H3. The van der Waals surface area contributed by atoms with Gasteiger partial charge in [-0.1, -0.05) is 51.1 Å². The number of benzene rings is 2. The highest BCUT2D eigenvalue weighted by Gasteiger charge is 2.47. The molecule has 1 aliphatic heterocycles. The van der Waals surface area contributed by atoms with Crippen molar-refractivity contribution < 1.29 is 29.3 Å². The SMILES string of the molecule is Cc1cc(CCC(=O)OCC(O)CN2C(C)(C)CC(OC(=O)c3ccccc3)CC2(C)C)cc(C(C)(C)C)c1O. The molecular weight excluding hydrogens is 506 g/mol. The number of hydrogen-bond acceptors (Lipinski definition) is 7. The van der Waals surface area contributed by atoms with Crippen LogP contribution in [0.1, 0.15) is 94.8 Å². The Labute approximate surface area is 239 Å². The number of nitrogens with zero attached hydrogens (tertiary/aromatic N) is 1. The molecule has 220 valence electrons. The van der Waals surface area contributed by atoms with Gasteiger partial charge < -0.3 is 19.7 Å². The van der Waals surface area contributed by atoms with E-state index in [1.54, 1.807) is 12.1 Å². The van der Waals surface area contributed by atoms with E-state index in [0.717, 1.165) is 16.7 Å². The average Bonchev–Trinajstić information content (AvgIpc) is 2.84. The van der Waals surface area contributed by atoms with E-state index in [0.29, 0.717) is 37.1 Å². The predicted molar refractivity (Wildman–Crippen MR) is 157 cm³/mol. The number of hydrogen-bond donors (Lipinski definition) is 2. The van der Waals surface area contributed by atoms with Crippen LogP contribution in [0.4, 0.5) is 0 Å². The molecule has 0 aliphatic carbocycles. The zero-order valence-electron chi connectivity index (χ0n) is 25.4. The molecule has 7 heteroatoms. The topological polar surface area (TPSA) is 96.3 Å². The van der Waals surface area contributed by atoms with E-state index < -0.39 is 6.10 Å². The highest BCUT2D eigenvalue weighted by atomic mass is 16.5. The van der Waals surface area contributed by atoms with Crippen LogP contribution in [0.25, 0.3) is 0 Å². The molecule has 0 amide bonds. The molecule has 2 aromatic rings. The maximum Gasteiger partial charge on any atom is 0.338 e. The molecule has 1 aliphatic rings. The van der Waals surface area contributed by atoms with Gasteiger partial charge in [0.15, 0.2) is 0 Å². The summed E-state index contributed by atoms with van der Waals surface area (Å²) in [6.07, 6.45) is 0.846. The third-order valence-corrected chi connectivity index (χ3v) is 7.82. The largest absolute Gasteiger partial charge is 0.507 e. The molecule has 2 N–H and O–H groups in total. The van der Waals surface area contributed by atoms with Gasteiger partial charge in [-0.05, 0) is 75.3 Å². The van der Waals surface area contributed by atoms with Crippen molar-refractivity contribution in [1.82, 2.24) is 4.90 Å². The van der Waals surface area contributed by atoms with Crippen LogP contribution in [-0.4, -0.2) is 63.5 Å². The van der Waals surface area contributed by atoms with Crippen LogP contribution >= 0.6 is 0 Å². The lowest BCUT2D eigenvalue weighted by Crippen LogP contribution is -2.64. The van der Waals surface area contributed by atoms with Gasteiger partial charge in [-0.2, -0.15) is 0 Å². The zero-order valence-corrected chi connectivity index (χ0v) is 25.4. The fourth-order valence-electron chi connectivity index (χ4n) is 5.94. The number of carbonyl (C=O) groups is 2. The Morgan fingerprint density at radius 3 is 2.23 bits per heavy atom. The monoisotopic (exact) mass is 553 g/mol. The summed E-state index contributed by atoms with van der Waals surface area (Å²) >= 11 is 0. The summed E-state index contributed by atoms with van der Waals surface area (Å²) in [6, 6.07) is 12.9. The van der Waals surface area contributed by atoms with E-state index in [1.165, 1.54) is 0 Å². The van der Waals surface area contributed by atoms with Crippen molar-refractivity contribution in [3.8, 4) is 5.75 Å². The van der Waals surface area contributed by atoms with E-state index >= 15 is 0 Å². The minimum absolute atomic E-state index is 0.0875. The van der Waals surface area contributed by atoms with Crippen LogP contribution in [0, 0.1) is 6.92 Å². The summed E-state index contributed by atoms with van der Waals surface area (Å²) in [5.74, 6) is -0.395. The fourth-order valence-corrected chi connectivity index (χ4v) is 5.94. The third kappa shape index (κ3) is 8.07. The summed E-state index contributed by atoms with van der Waals surface area (Å²) in [5.41, 5.74) is 2.23. The number of aliphatic hydroxyl groups is 1. The highest BCUT2D eigenvalue weighted by molar-refractivity contribution is 5.89. The van der Waals surface area contributed by atoms with Crippen molar-refractivity contribution in [2.24, 2.45) is 0 Å². The van der Waals surface area contributed by atoms with Crippen LogP contribution < -0.4 is 0 Å². The molecule has 1 heterocycles. The normalized spacial score (nSPS) is 18.2. The Balaban J connectivity index is 1.53. The lowest BCUT2D eigenvalue weighted by molar-refractivity contribution is -0.149. The van der Waals surface area contributed by atoms with Crippen LogP contribution in [-0.2, 0) is 26.1 Å². The number of carbonyl (C=O) groups excluding carboxylic acids is 2. The summed E-state index contributed by atoms with van der Waals surface area (Å²) in [7, 11) is 0. The number of rotatable bonds is 9. The van der Waals surface area contributed by atoms with Crippen LogP contribution in [0.3, 0.4) is 0 Å². The Morgan fingerprint density at radius 1 is 1.05 bits per heavy atom. The van der Waals surface area contributed by atoms with Crippen molar-refractivity contribution in [2.45, 2.75) is 110 Å². The van der Waals surface area contributed by atoms with Crippen molar-refractivity contribution in [3.63, 3.8) is 0 Å². The lowest BCUT2D eigenvalue weighted by atomic mass is 9.77. The lowest BCUT2D eigenvalue weighted by Gasteiger charge is -2.55. The molecule has 1 saturated heterocycles. The number of aliphatic hydroxyl groups excluding tert-OH is 1. The Hall–Kier alpha value is -2.90. The summed E-state index contributed by atoms with van der Waals surface area (Å²) in [5, 5.41) is 21.3. The number of phenolic OH excluding ortho intramolecular Hbond substituents is 1. The van der Waals surface area contributed by atoms with Gasteiger partial charge in [0.1, 0.15) is 24.6 Å². The number of ether oxygens (including phenoxy) is 2. The zero-order chi connectivity index (χ0) is 29.9. The second-order valence-corrected chi connectivity index (χ2v) is 13.4. The first-order valence-corrected chi connectivity index (χ1v) is 14.2. The van der Waals surface area contributed by atoms with Gasteiger partial charge >= 0.3 is 11.9 Å². The number of phenols is 1. The van der Waals surface area contributed by atoms with E-state index in [-0.39, 0.29) is 47.6 Å². The molecule has 2 aromatic carbocycles. The smallest absolute Gasteiger partial charge is 0.338 e. The Bertz CT molecular complexity index is 1160. The van der Waals surface area contributed by atoms with E-state index in [4.69, 9.17) is 9.47 Å². The summed E-state index contributed by atoms with van der Waals surface area (Å²) < 4.78 is 11.3. The van der Waals surface area contributed by atoms with Crippen LogP contribution in [0.15, 0.2) is 42.5 Å². The second kappa shape index (κ2) is 12.3. The molecule has 3 rings (SSSR count). The molecule has 0 spiro atoms. The van der Waals surface area contributed by atoms with Gasteiger partial charge in [0, 0.05) is 36.9 Å². The minimum atomic E-state index is -0.852. The summed E-state index contributed by atoms with van der Waals surface area (Å²) in [4.78, 5) is 27.4. The average molecular weight is 554 g/mol. The first-order valence-electron chi connectivity index (χ1n) is 14.2. The Kier molecular flexibility index (Phi) is 9.74. The fraction of sp³-hybridized carbons (Fsp3) is 0.576. The molecule has 0 bridgehead atoms. The Morgan fingerprint density at radius 2 is 1.65 bits per heavy atom. The maximum atomic E-state index is 12.6. The van der Waals surface area contributed by atoms with Gasteiger partial charge in [0.05, 0.1) is 5.56 Å². The van der Waals surface area contributed by atoms with E-state index in [1.807, 2.05) is 58.0 Å². The molecular formula is C33H47NO6. The number of aromatic hydroxyl groups is 1. The number of likely N-dealkylation sites (tertiary alicyclic amines) is 1. The molecule has 7 nitrogen and oxygen atoms in total. The molecule has 0 radical (unpaired) electrons. The van der Waals surface area contributed by atoms with Crippen molar-refractivity contribution in [3.05, 3.63) is 64.7 Å². The number of β-amino-alcohol motifs (C(OH)–C–C–N with tert-alkyl or cyclic N) is 1. The first-order chi connectivity index (χ1) is 18.5. The second-order valence-electron chi connectivity index (χ2n) is 13.4. The van der Waals surface area contributed by atoms with Crippen molar-refractivity contribution >= 4 is 11.9 Å². The number of aryl methyl sites for hydroxylation is 2. The van der Waals surface area contributed by atoms with Gasteiger partial charge in [0.2, 0.25) is 0 Å². The van der Waals surface area contributed by atoms with Gasteiger partial charge in [-0.15, -0.1) is 0 Å². The molecule has 0 saturated carbocycles. The summed E-state index contributed by atoms with van der Waals surface area (Å²) in [6.45, 7) is 16.6. The maximum absolute atomic E-state index is 12.6. The van der Waals surface area contributed by atoms with Crippen LogP contribution in [0.5, 0.6) is 5.75 Å². The molecule has 1 fully saturated rings. The van der Waals surface area contributed by atoms with Crippen LogP contribution in [0.2, 0.25) is 0 Å². The molecule has 40 heavy (non-hydrogen) atoms. The van der Waals surface area contributed by atoms with Crippen molar-refractivity contribution in [1.29, 1.82) is 0 Å². The quantitative estimate of drug-likeness (QED) is 0.384. The van der Waals surface area contributed by atoms with Gasteiger partial charge in [-0.25, -0.2) is 4.79 Å². The highest BCUT2D eigenvalue weighted by Crippen LogP contribution is 2.40. The van der Waals surface area contributed by atoms with Gasteiger partial charge in [-0.3, -0.25) is 9.69 Å². The van der Waals surface area contributed by atoms with E-state index in [2.05, 4.69) is 32.6 Å².